The summed E-state index contributed by atoms with van der Waals surface area (Å²) in [6, 6.07) is 20.8. The summed E-state index contributed by atoms with van der Waals surface area (Å²) in [5.74, 6) is -0.361. The van der Waals surface area contributed by atoms with Crippen LogP contribution in [0.25, 0.3) is 22.0 Å². The highest BCUT2D eigenvalue weighted by molar-refractivity contribution is 7.17. The second-order valence-corrected chi connectivity index (χ2v) is 13.4. The number of carbonyl (C=O) groups is 2. The van der Waals surface area contributed by atoms with Crippen LogP contribution in [0.2, 0.25) is 0 Å². The van der Waals surface area contributed by atoms with E-state index < -0.39 is 17.2 Å². The molecule has 0 fully saturated rings. The Hall–Kier alpha value is -5.33. The predicted molar refractivity (Wildman–Crippen MR) is 178 cm³/mol. The van der Waals surface area contributed by atoms with Gasteiger partial charge < -0.3 is 0 Å². The lowest BCUT2D eigenvalue weighted by molar-refractivity contribution is -0.137. The fourth-order valence-electron chi connectivity index (χ4n) is 6.65. The van der Waals surface area contributed by atoms with Crippen molar-refractivity contribution < 1.29 is 22.8 Å². The van der Waals surface area contributed by atoms with Crippen LogP contribution in [0.15, 0.2) is 84.6 Å². The summed E-state index contributed by atoms with van der Waals surface area (Å²) in [6.45, 7) is 15.6. The van der Waals surface area contributed by atoms with Gasteiger partial charge in [0.05, 0.1) is 23.4 Å². The molecule has 0 saturated carbocycles. The third-order valence-electron chi connectivity index (χ3n) is 8.95. The number of hydrogen-bond donors (Lipinski definition) is 0. The lowest BCUT2D eigenvalue weighted by atomic mass is 9.74. The molecule has 47 heavy (non-hydrogen) atoms. The molecule has 5 aromatic rings. The van der Waals surface area contributed by atoms with E-state index in [-0.39, 0.29) is 17.1 Å². The highest BCUT2D eigenvalue weighted by Gasteiger charge is 2.40. The zero-order valence-electron chi connectivity index (χ0n) is 25.8. The van der Waals surface area contributed by atoms with Crippen molar-refractivity contribution in [1.82, 2.24) is 4.98 Å². The van der Waals surface area contributed by atoms with Gasteiger partial charge in [-0.15, -0.1) is 11.3 Å². The van der Waals surface area contributed by atoms with Gasteiger partial charge in [0.1, 0.15) is 10.8 Å². The number of aromatic nitrogens is 1. The molecule has 1 aliphatic carbocycles. The van der Waals surface area contributed by atoms with Gasteiger partial charge in [-0.1, -0.05) is 67.4 Å². The molecule has 5 nitrogen and oxygen atoms in total. The van der Waals surface area contributed by atoms with Crippen LogP contribution in [0.1, 0.15) is 67.3 Å². The zero-order chi connectivity index (χ0) is 33.4. The Balaban J connectivity index is 1.41. The van der Waals surface area contributed by atoms with Crippen LogP contribution in [0.4, 0.5) is 35.4 Å². The van der Waals surface area contributed by atoms with Gasteiger partial charge in [0.2, 0.25) is 0 Å². The van der Waals surface area contributed by atoms with Crippen LogP contribution in [0.3, 0.4) is 0 Å². The number of aryl methyl sites for hydroxylation is 2. The number of thiophene rings is 1. The third-order valence-corrected chi connectivity index (χ3v) is 10.0. The maximum Gasteiger partial charge on any atom is 0.417 e. The molecule has 232 valence electrons. The van der Waals surface area contributed by atoms with Crippen LogP contribution >= 0.6 is 11.3 Å². The van der Waals surface area contributed by atoms with Crippen LogP contribution in [0.5, 0.6) is 0 Å². The van der Waals surface area contributed by atoms with E-state index in [2.05, 4.69) is 29.7 Å². The minimum Gasteiger partial charge on any atom is -0.288 e. The topological polar surface area (TPSA) is 54.6 Å². The van der Waals surface area contributed by atoms with Crippen molar-refractivity contribution in [3.63, 3.8) is 0 Å². The van der Waals surface area contributed by atoms with Gasteiger partial charge in [0, 0.05) is 27.6 Å². The molecule has 0 N–H and O–H groups in total. The molecule has 0 saturated heterocycles. The number of hydrogen-bond acceptors (Lipinski definition) is 5. The van der Waals surface area contributed by atoms with Crippen molar-refractivity contribution in [3.05, 3.63) is 140 Å². The molecule has 0 bridgehead atoms. The van der Waals surface area contributed by atoms with E-state index in [1.54, 1.807) is 30.3 Å². The number of nitrogens with zero attached hydrogens (tertiary/aromatic N) is 3. The van der Waals surface area contributed by atoms with Crippen LogP contribution in [-0.2, 0) is 11.6 Å². The minimum atomic E-state index is -4.54. The number of alkyl halides is 3. The van der Waals surface area contributed by atoms with Crippen LogP contribution in [-0.4, -0.2) is 16.6 Å². The monoisotopic (exact) mass is 645 g/mol. The lowest BCUT2D eigenvalue weighted by Gasteiger charge is -2.39. The van der Waals surface area contributed by atoms with Crippen molar-refractivity contribution in [3.8, 4) is 11.1 Å². The number of rotatable bonds is 3. The van der Waals surface area contributed by atoms with E-state index in [1.807, 2.05) is 49.1 Å². The van der Waals surface area contributed by atoms with Crippen molar-refractivity contribution in [2.75, 3.05) is 4.90 Å². The average molecular weight is 646 g/mol. The van der Waals surface area contributed by atoms with Crippen molar-refractivity contribution in [2.45, 2.75) is 39.3 Å². The van der Waals surface area contributed by atoms with Crippen molar-refractivity contribution in [2.24, 2.45) is 0 Å². The van der Waals surface area contributed by atoms with Crippen LogP contribution < -0.4 is 4.90 Å². The van der Waals surface area contributed by atoms with E-state index in [0.29, 0.717) is 27.5 Å². The summed E-state index contributed by atoms with van der Waals surface area (Å²) in [6.07, 6.45) is -2.09. The van der Waals surface area contributed by atoms with Gasteiger partial charge in [0.25, 0.3) is 0 Å². The molecular weight excluding hydrogens is 619 g/mol. The molecule has 0 amide bonds. The molecule has 2 aliphatic rings. The number of Topliss-reactive ketones (excluding diaryl/α,β-unsaturated/α-hetero) is 2. The summed E-state index contributed by atoms with van der Waals surface area (Å²) >= 11 is 1.35. The Bertz CT molecular complexity index is 2180. The number of benzene rings is 3. The van der Waals surface area contributed by atoms with E-state index in [1.165, 1.54) is 17.4 Å². The molecule has 2 aromatic heterocycles. The number of allylic oxidation sites excluding steroid dienone is 1. The SMILES string of the molecule is [C-]#[N+]c1cc(C)c(-c2ccc3c(c2)C(C)(C)c2cc(C=C4C(=O)c5ccccc5C4=O)sc2N3c2ccc(C(F)(F)F)cn2)c(C)c1. The number of halogens is 3. The summed E-state index contributed by atoms with van der Waals surface area (Å²) in [5.41, 5.74) is 6.40. The molecule has 1 aliphatic heterocycles. The molecule has 0 atom stereocenters. The first-order valence-corrected chi connectivity index (χ1v) is 15.6. The van der Waals surface area contributed by atoms with Gasteiger partial charge in [-0.3, -0.25) is 14.5 Å². The van der Waals surface area contributed by atoms with Crippen LogP contribution in [0, 0.1) is 20.4 Å². The first-order valence-electron chi connectivity index (χ1n) is 14.8. The fourth-order valence-corrected chi connectivity index (χ4v) is 7.93. The molecule has 0 radical (unpaired) electrons. The Morgan fingerprint density at radius 1 is 0.894 bits per heavy atom. The molecule has 0 spiro atoms. The number of ketones is 2. The van der Waals surface area contributed by atoms with Gasteiger partial charge in [-0.25, -0.2) is 9.83 Å². The lowest BCUT2D eigenvalue weighted by Crippen LogP contribution is -2.29. The first-order chi connectivity index (χ1) is 22.3. The molecule has 3 aromatic carbocycles. The van der Waals surface area contributed by atoms with Gasteiger partial charge >= 0.3 is 6.18 Å². The van der Waals surface area contributed by atoms with E-state index in [4.69, 9.17) is 6.57 Å². The number of anilines is 3. The molecule has 3 heterocycles. The normalized spacial score (nSPS) is 14.9. The maximum atomic E-state index is 13.5. The van der Waals surface area contributed by atoms with E-state index in [9.17, 15) is 22.8 Å². The Morgan fingerprint density at radius 3 is 2.13 bits per heavy atom. The average Bonchev–Trinajstić information content (AvgIpc) is 3.56. The zero-order valence-corrected chi connectivity index (χ0v) is 26.6. The van der Waals surface area contributed by atoms with E-state index in [0.717, 1.165) is 56.3 Å². The minimum absolute atomic E-state index is 0.0791. The number of carbonyl (C=O) groups excluding carboxylic acids is 2. The second kappa shape index (κ2) is 10.6. The van der Waals surface area contributed by atoms with Gasteiger partial charge in [-0.2, -0.15) is 13.2 Å². The predicted octanol–water partition coefficient (Wildman–Crippen LogP) is 10.6. The summed E-state index contributed by atoms with van der Waals surface area (Å²) in [7, 11) is 0. The van der Waals surface area contributed by atoms with Gasteiger partial charge in [0.15, 0.2) is 17.3 Å². The quantitative estimate of drug-likeness (QED) is 0.111. The molecule has 7 rings (SSSR count). The molecular formula is C38H26F3N3O2S. The fraction of sp³-hybridized carbons (Fsp3) is 0.158. The highest BCUT2D eigenvalue weighted by atomic mass is 32.1. The second-order valence-electron chi connectivity index (χ2n) is 12.3. The Morgan fingerprint density at radius 2 is 1.55 bits per heavy atom. The Kier molecular flexibility index (Phi) is 6.85. The molecule has 9 heteroatoms. The standard InChI is InChI=1S/C38H26F3N3O2S/c1-20-14-24(42-5)15-21(2)33(20)22-10-12-31-29(16-22)37(3,4)30-18-25(17-28-34(45)26-8-6-7-9-27(26)35(28)46)47-36(30)44(31)32-13-11-23(19-43-32)38(39,40)41/h6-19H,1-4H3. The summed E-state index contributed by atoms with van der Waals surface area (Å²) in [5, 5.41) is 0.735. The molecule has 0 unspecified atom stereocenters. The first kappa shape index (κ1) is 30.3. The smallest absolute Gasteiger partial charge is 0.288 e. The van der Waals surface area contributed by atoms with Gasteiger partial charge in [-0.05, 0) is 72.5 Å². The van der Waals surface area contributed by atoms with Crippen molar-refractivity contribution >= 4 is 51.2 Å². The maximum absolute atomic E-state index is 13.5. The summed E-state index contributed by atoms with van der Waals surface area (Å²) in [4.78, 5) is 36.8. The Labute approximate surface area is 273 Å². The third kappa shape index (κ3) is 4.79. The van der Waals surface area contributed by atoms with Crippen molar-refractivity contribution in [1.29, 1.82) is 0 Å². The largest absolute Gasteiger partial charge is 0.417 e. The summed E-state index contributed by atoms with van der Waals surface area (Å²) < 4.78 is 40.5. The van der Waals surface area contributed by atoms with E-state index >= 15 is 0 Å². The number of pyridine rings is 1. The highest BCUT2D eigenvalue weighted by Crippen LogP contribution is 2.56. The number of fused-ring (bicyclic) bond motifs is 3.